The number of anilines is 1. The zero-order valence-electron chi connectivity index (χ0n) is 16.6. The van der Waals surface area contributed by atoms with E-state index in [2.05, 4.69) is 15.6 Å². The highest BCUT2D eigenvalue weighted by Gasteiger charge is 2.32. The quantitative estimate of drug-likeness (QED) is 0.442. The number of hydrogen-bond donors (Lipinski definition) is 1. The molecule has 3 aromatic heterocycles. The van der Waals surface area contributed by atoms with Crippen LogP contribution in [0.2, 0.25) is 5.02 Å². The number of rotatable bonds is 5. The second kappa shape index (κ2) is 8.19. The monoisotopic (exact) mass is 488 g/mol. The molecule has 1 aliphatic rings. The van der Waals surface area contributed by atoms with Crippen LogP contribution in [0.25, 0.3) is 21.9 Å². The molecule has 5 rings (SSSR count). The van der Waals surface area contributed by atoms with Crippen LogP contribution in [0.1, 0.15) is 23.0 Å². The molecule has 4 aromatic rings. The van der Waals surface area contributed by atoms with Crippen molar-refractivity contribution in [3.63, 3.8) is 0 Å². The Morgan fingerprint density at radius 1 is 1.22 bits per heavy atom. The minimum absolute atomic E-state index is 0.0237. The normalized spacial score (nSPS) is 17.5. The number of benzene rings is 1. The average molecular weight is 489 g/mol. The van der Waals surface area contributed by atoms with Gasteiger partial charge in [0, 0.05) is 22.7 Å². The number of nitrogens with one attached hydrogen (secondary N) is 1. The molecule has 4 heterocycles. The van der Waals surface area contributed by atoms with Gasteiger partial charge in [0.15, 0.2) is 21.3 Å². The third-order valence-electron chi connectivity index (χ3n) is 5.18. The van der Waals surface area contributed by atoms with E-state index < -0.39 is 15.7 Å². The van der Waals surface area contributed by atoms with Crippen LogP contribution in [0.15, 0.2) is 58.4 Å². The predicted octanol–water partition coefficient (Wildman–Crippen LogP) is 4.53. The summed E-state index contributed by atoms with van der Waals surface area (Å²) in [6.45, 7) is 0. The summed E-state index contributed by atoms with van der Waals surface area (Å²) in [6, 6.07) is 13.8. The molecule has 1 aliphatic heterocycles. The number of halogens is 1. The first-order valence-electron chi connectivity index (χ1n) is 9.76. The molecule has 1 aromatic carbocycles. The van der Waals surface area contributed by atoms with Crippen molar-refractivity contribution in [1.82, 2.24) is 14.9 Å². The Hall–Kier alpha value is -2.95. The topological polar surface area (TPSA) is 107 Å². The molecule has 0 saturated carbocycles. The van der Waals surface area contributed by atoms with Crippen LogP contribution < -0.4 is 5.32 Å². The highest BCUT2D eigenvalue weighted by atomic mass is 35.5. The summed E-state index contributed by atoms with van der Waals surface area (Å²) >= 11 is 7.46. The summed E-state index contributed by atoms with van der Waals surface area (Å²) in [5.41, 5.74) is 1.51. The highest BCUT2D eigenvalue weighted by Crippen LogP contribution is 2.31. The number of nitrogens with zero attached hydrogens (tertiary/aromatic N) is 3. The Morgan fingerprint density at radius 3 is 2.72 bits per heavy atom. The van der Waals surface area contributed by atoms with Crippen LogP contribution in [0, 0.1) is 0 Å². The number of hydrogen-bond acceptors (Lipinski definition) is 7. The second-order valence-corrected chi connectivity index (χ2v) is 11.0. The minimum Gasteiger partial charge on any atom is -0.355 e. The first kappa shape index (κ1) is 20.9. The first-order chi connectivity index (χ1) is 15.4. The van der Waals surface area contributed by atoms with Gasteiger partial charge in [-0.1, -0.05) is 35.0 Å². The number of carbonyl (C=O) groups is 1. The lowest BCUT2D eigenvalue weighted by Gasteiger charge is -2.13. The lowest BCUT2D eigenvalue weighted by Crippen LogP contribution is -2.19. The number of aromatic nitrogens is 3. The fourth-order valence-corrected chi connectivity index (χ4v) is 6.08. The van der Waals surface area contributed by atoms with Gasteiger partial charge in [-0.2, -0.15) is 5.10 Å². The maximum absolute atomic E-state index is 12.9. The first-order valence-corrected chi connectivity index (χ1v) is 12.8. The maximum atomic E-state index is 12.9. The molecule has 0 radical (unpaired) electrons. The molecule has 8 nitrogen and oxygen atoms in total. The maximum Gasteiger partial charge on any atom is 0.279 e. The molecule has 1 amide bonds. The van der Waals surface area contributed by atoms with Crippen molar-refractivity contribution in [2.24, 2.45) is 0 Å². The van der Waals surface area contributed by atoms with Crippen molar-refractivity contribution in [2.75, 3.05) is 16.8 Å². The largest absolute Gasteiger partial charge is 0.355 e. The van der Waals surface area contributed by atoms with E-state index in [0.29, 0.717) is 28.7 Å². The molecular formula is C21H17ClN4O4S2. The molecule has 1 N–H and O–H groups in total. The molecule has 32 heavy (non-hydrogen) atoms. The fourth-order valence-electron chi connectivity index (χ4n) is 3.59. The lowest BCUT2D eigenvalue weighted by molar-refractivity contribution is 0.101. The SMILES string of the molecule is O=C(Nc1cc(-c2ccc(Cl)cc2)nn1C1CCS(=O)(=O)C1)c1cc(-c2cccs2)on1. The van der Waals surface area contributed by atoms with Gasteiger partial charge in [-0.15, -0.1) is 11.3 Å². The number of amides is 1. The van der Waals surface area contributed by atoms with Gasteiger partial charge in [0.2, 0.25) is 0 Å². The summed E-state index contributed by atoms with van der Waals surface area (Å²) in [4.78, 5) is 13.7. The Kier molecular flexibility index (Phi) is 5.36. The third kappa shape index (κ3) is 4.21. The standard InChI is InChI=1S/C21H17ClN4O4S2/c22-14-5-3-13(4-6-14)16-11-20(26(24-16)15-7-9-32(28,29)12-15)23-21(27)17-10-18(30-25-17)19-2-1-8-31-19/h1-6,8,10-11,15H,7,9,12H2,(H,23,27). The second-order valence-electron chi connectivity index (χ2n) is 7.43. The van der Waals surface area contributed by atoms with Gasteiger partial charge in [0.25, 0.3) is 5.91 Å². The van der Waals surface area contributed by atoms with Crippen LogP contribution in [-0.2, 0) is 9.84 Å². The van der Waals surface area contributed by atoms with Crippen molar-refractivity contribution in [1.29, 1.82) is 0 Å². The zero-order chi connectivity index (χ0) is 22.3. The molecule has 1 saturated heterocycles. The van der Waals surface area contributed by atoms with Gasteiger partial charge in [-0.3, -0.25) is 4.79 Å². The number of carbonyl (C=O) groups excluding carboxylic acids is 1. The van der Waals surface area contributed by atoms with Crippen molar-refractivity contribution >= 4 is 44.5 Å². The van der Waals surface area contributed by atoms with Crippen LogP contribution >= 0.6 is 22.9 Å². The van der Waals surface area contributed by atoms with Gasteiger partial charge in [0.1, 0.15) is 5.82 Å². The van der Waals surface area contributed by atoms with Crippen LogP contribution in [-0.4, -0.2) is 40.8 Å². The van der Waals surface area contributed by atoms with Gasteiger partial charge in [-0.25, -0.2) is 13.1 Å². The van der Waals surface area contributed by atoms with E-state index in [1.54, 1.807) is 28.9 Å². The van der Waals surface area contributed by atoms with E-state index in [4.69, 9.17) is 16.1 Å². The lowest BCUT2D eigenvalue weighted by atomic mass is 10.1. The molecule has 1 unspecified atom stereocenters. The molecule has 1 atom stereocenters. The summed E-state index contributed by atoms with van der Waals surface area (Å²) < 4.78 is 30.9. The van der Waals surface area contributed by atoms with Gasteiger partial charge >= 0.3 is 0 Å². The van der Waals surface area contributed by atoms with Gasteiger partial charge < -0.3 is 9.84 Å². The average Bonchev–Trinajstić information content (AvgIpc) is 3.54. The Balaban J connectivity index is 1.46. The Bertz CT molecular complexity index is 1380. The molecule has 1 fully saturated rings. The van der Waals surface area contributed by atoms with Crippen molar-refractivity contribution < 1.29 is 17.7 Å². The van der Waals surface area contributed by atoms with Crippen molar-refractivity contribution in [3.05, 3.63) is 64.6 Å². The highest BCUT2D eigenvalue weighted by molar-refractivity contribution is 7.91. The molecule has 11 heteroatoms. The van der Waals surface area contributed by atoms with E-state index in [1.165, 1.54) is 11.3 Å². The third-order valence-corrected chi connectivity index (χ3v) is 8.07. The van der Waals surface area contributed by atoms with Crippen molar-refractivity contribution in [2.45, 2.75) is 12.5 Å². The molecule has 0 aliphatic carbocycles. The zero-order valence-corrected chi connectivity index (χ0v) is 19.0. The summed E-state index contributed by atoms with van der Waals surface area (Å²) in [5, 5.41) is 13.8. The minimum atomic E-state index is -3.14. The molecular weight excluding hydrogens is 472 g/mol. The van der Waals surface area contributed by atoms with E-state index in [9.17, 15) is 13.2 Å². The van der Waals surface area contributed by atoms with E-state index in [0.717, 1.165) is 10.4 Å². The van der Waals surface area contributed by atoms with Crippen LogP contribution in [0.4, 0.5) is 5.82 Å². The molecule has 164 valence electrons. The van der Waals surface area contributed by atoms with E-state index in [-0.39, 0.29) is 23.2 Å². The summed E-state index contributed by atoms with van der Waals surface area (Å²) in [5.74, 6) is 0.491. The number of sulfone groups is 1. The molecule has 0 spiro atoms. The van der Waals surface area contributed by atoms with Crippen molar-refractivity contribution in [3.8, 4) is 21.9 Å². The Labute approximate surface area is 192 Å². The molecule has 0 bridgehead atoms. The fraction of sp³-hybridized carbons (Fsp3) is 0.190. The summed E-state index contributed by atoms with van der Waals surface area (Å²) in [6.07, 6.45) is 0.430. The van der Waals surface area contributed by atoms with E-state index in [1.807, 2.05) is 29.6 Å². The van der Waals surface area contributed by atoms with Crippen LogP contribution in [0.5, 0.6) is 0 Å². The predicted molar refractivity (Wildman–Crippen MR) is 123 cm³/mol. The summed E-state index contributed by atoms with van der Waals surface area (Å²) in [7, 11) is -3.14. The van der Waals surface area contributed by atoms with Gasteiger partial charge in [0.05, 0.1) is 28.1 Å². The van der Waals surface area contributed by atoms with Crippen LogP contribution in [0.3, 0.4) is 0 Å². The smallest absolute Gasteiger partial charge is 0.279 e. The number of thiophene rings is 1. The van der Waals surface area contributed by atoms with Gasteiger partial charge in [-0.05, 0) is 30.0 Å². The Morgan fingerprint density at radius 2 is 2.03 bits per heavy atom. The van der Waals surface area contributed by atoms with E-state index >= 15 is 0 Å².